The van der Waals surface area contributed by atoms with E-state index < -0.39 is 4.92 Å². The third-order valence-corrected chi connectivity index (χ3v) is 7.02. The molecule has 2 heterocycles. The number of amides is 2. The number of methoxy groups -OCH3 is 1. The van der Waals surface area contributed by atoms with Gasteiger partial charge in [-0.3, -0.25) is 19.7 Å². The third kappa shape index (κ3) is 5.11. The highest BCUT2D eigenvalue weighted by Gasteiger charge is 2.29. The molecule has 1 fully saturated rings. The van der Waals surface area contributed by atoms with Crippen LogP contribution in [0.3, 0.4) is 0 Å². The number of ether oxygens (including phenoxy) is 1. The van der Waals surface area contributed by atoms with Gasteiger partial charge in [0.2, 0.25) is 0 Å². The van der Waals surface area contributed by atoms with Gasteiger partial charge in [-0.2, -0.15) is 0 Å². The molecular weight excluding hydrogens is 496 g/mol. The third-order valence-electron chi connectivity index (χ3n) is 7.02. The average molecular weight is 525 g/mol. The maximum Gasteiger partial charge on any atom is 0.270 e. The molecule has 4 aromatic rings. The Balaban J connectivity index is 1.40. The summed E-state index contributed by atoms with van der Waals surface area (Å²) in [6.45, 7) is 3.35. The summed E-state index contributed by atoms with van der Waals surface area (Å²) in [5, 5.41) is 11.1. The first-order chi connectivity index (χ1) is 18.9. The first-order valence-electron chi connectivity index (χ1n) is 12.6. The number of piperazine rings is 1. The van der Waals surface area contributed by atoms with Gasteiger partial charge in [0.25, 0.3) is 17.5 Å². The molecule has 0 atom stereocenters. The van der Waals surface area contributed by atoms with Gasteiger partial charge in [-0.25, -0.2) is 0 Å². The van der Waals surface area contributed by atoms with Gasteiger partial charge in [-0.1, -0.05) is 36.4 Å². The van der Waals surface area contributed by atoms with Crippen LogP contribution in [0.1, 0.15) is 26.4 Å². The molecule has 9 heteroatoms. The van der Waals surface area contributed by atoms with E-state index in [0.29, 0.717) is 31.7 Å². The highest BCUT2D eigenvalue weighted by molar-refractivity contribution is 5.98. The molecule has 0 N–H and O–H groups in total. The van der Waals surface area contributed by atoms with Crippen LogP contribution in [0.15, 0.2) is 84.9 Å². The molecule has 1 saturated heterocycles. The zero-order chi connectivity index (χ0) is 27.5. The van der Waals surface area contributed by atoms with Crippen molar-refractivity contribution in [1.29, 1.82) is 0 Å². The Morgan fingerprint density at radius 2 is 1.49 bits per heavy atom. The minimum absolute atomic E-state index is 0.103. The van der Waals surface area contributed by atoms with Gasteiger partial charge in [0, 0.05) is 60.8 Å². The molecule has 2 amide bonds. The summed E-state index contributed by atoms with van der Waals surface area (Å²) in [6, 6.07) is 25.3. The fourth-order valence-corrected chi connectivity index (χ4v) is 4.95. The highest BCUT2D eigenvalue weighted by atomic mass is 16.6. The van der Waals surface area contributed by atoms with Crippen molar-refractivity contribution in [2.45, 2.75) is 6.92 Å². The van der Waals surface area contributed by atoms with Crippen LogP contribution in [0.25, 0.3) is 16.9 Å². The molecule has 9 nitrogen and oxygen atoms in total. The van der Waals surface area contributed by atoms with Gasteiger partial charge in [-0.15, -0.1) is 0 Å². The van der Waals surface area contributed by atoms with E-state index in [1.165, 1.54) is 18.2 Å². The summed E-state index contributed by atoms with van der Waals surface area (Å²) >= 11 is 0. The molecule has 5 rings (SSSR count). The van der Waals surface area contributed by atoms with Crippen LogP contribution in [-0.4, -0.2) is 64.4 Å². The number of hydrogen-bond donors (Lipinski definition) is 0. The highest BCUT2D eigenvalue weighted by Crippen LogP contribution is 2.32. The minimum Gasteiger partial charge on any atom is -0.497 e. The Kier molecular flexibility index (Phi) is 7.14. The van der Waals surface area contributed by atoms with Crippen molar-refractivity contribution in [3.63, 3.8) is 0 Å². The number of nitrogens with zero attached hydrogens (tertiary/aromatic N) is 4. The topological polar surface area (TPSA) is 97.9 Å². The number of aromatic nitrogens is 1. The monoisotopic (exact) mass is 524 g/mol. The van der Waals surface area contributed by atoms with Crippen molar-refractivity contribution >= 4 is 17.5 Å². The lowest BCUT2D eigenvalue weighted by Crippen LogP contribution is -2.50. The smallest absolute Gasteiger partial charge is 0.270 e. The lowest BCUT2D eigenvalue weighted by molar-refractivity contribution is -0.384. The summed E-state index contributed by atoms with van der Waals surface area (Å²) in [7, 11) is 1.62. The van der Waals surface area contributed by atoms with Crippen molar-refractivity contribution in [2.24, 2.45) is 0 Å². The van der Waals surface area contributed by atoms with Crippen molar-refractivity contribution in [1.82, 2.24) is 14.4 Å². The molecule has 0 bridgehead atoms. The molecular formula is C30H28N4O5. The van der Waals surface area contributed by atoms with E-state index in [0.717, 1.165) is 28.4 Å². The second kappa shape index (κ2) is 10.8. The predicted molar refractivity (Wildman–Crippen MR) is 147 cm³/mol. The van der Waals surface area contributed by atoms with Crippen molar-refractivity contribution in [2.75, 3.05) is 33.3 Å². The summed E-state index contributed by atoms with van der Waals surface area (Å²) < 4.78 is 7.50. The maximum atomic E-state index is 13.7. The molecule has 1 aliphatic rings. The quantitative estimate of drug-likeness (QED) is 0.262. The van der Waals surface area contributed by atoms with Crippen LogP contribution in [0, 0.1) is 17.0 Å². The number of nitro groups is 1. The second-order valence-electron chi connectivity index (χ2n) is 9.32. The molecule has 0 unspecified atom stereocenters. The Labute approximate surface area is 226 Å². The fourth-order valence-electron chi connectivity index (χ4n) is 4.95. The van der Waals surface area contributed by atoms with Crippen molar-refractivity contribution in [3.8, 4) is 22.7 Å². The normalized spacial score (nSPS) is 13.3. The van der Waals surface area contributed by atoms with E-state index in [1.54, 1.807) is 23.0 Å². The van der Waals surface area contributed by atoms with Gasteiger partial charge < -0.3 is 19.1 Å². The van der Waals surface area contributed by atoms with Crippen molar-refractivity contribution < 1.29 is 19.2 Å². The predicted octanol–water partition coefficient (Wildman–Crippen LogP) is 4.97. The zero-order valence-electron chi connectivity index (χ0n) is 21.7. The van der Waals surface area contributed by atoms with E-state index in [9.17, 15) is 19.7 Å². The average Bonchev–Trinajstić information content (AvgIpc) is 3.33. The number of nitro benzene ring substituents is 1. The van der Waals surface area contributed by atoms with Gasteiger partial charge in [-0.05, 0) is 43.3 Å². The van der Waals surface area contributed by atoms with Crippen LogP contribution >= 0.6 is 0 Å². The summed E-state index contributed by atoms with van der Waals surface area (Å²) in [6.07, 6.45) is 0. The number of carbonyl (C=O) groups excluding carboxylic acids is 2. The second-order valence-corrected chi connectivity index (χ2v) is 9.32. The zero-order valence-corrected chi connectivity index (χ0v) is 21.7. The molecule has 0 spiro atoms. The van der Waals surface area contributed by atoms with Crippen LogP contribution < -0.4 is 4.74 Å². The number of para-hydroxylation sites is 1. The van der Waals surface area contributed by atoms with Crippen molar-refractivity contribution in [3.05, 3.63) is 112 Å². The first kappa shape index (κ1) is 25.7. The summed E-state index contributed by atoms with van der Waals surface area (Å²) in [5.41, 5.74) is 4.30. The van der Waals surface area contributed by atoms with Crippen LogP contribution in [0.2, 0.25) is 0 Å². The molecule has 1 aromatic heterocycles. The lowest BCUT2D eigenvalue weighted by Gasteiger charge is -2.34. The maximum absolute atomic E-state index is 13.7. The molecule has 0 saturated carbocycles. The van der Waals surface area contributed by atoms with E-state index in [2.05, 4.69) is 4.57 Å². The van der Waals surface area contributed by atoms with Gasteiger partial charge >= 0.3 is 0 Å². The van der Waals surface area contributed by atoms with Crippen LogP contribution in [0.4, 0.5) is 5.69 Å². The molecule has 39 heavy (non-hydrogen) atoms. The Hall–Kier alpha value is -4.92. The summed E-state index contributed by atoms with van der Waals surface area (Å²) in [5.74, 6) is 0.342. The van der Waals surface area contributed by atoms with E-state index in [1.807, 2.05) is 67.6 Å². The van der Waals surface area contributed by atoms with Gasteiger partial charge in [0.05, 0.1) is 23.3 Å². The lowest BCUT2D eigenvalue weighted by atomic mass is 10.1. The van der Waals surface area contributed by atoms with E-state index >= 15 is 0 Å². The largest absolute Gasteiger partial charge is 0.497 e. The molecule has 198 valence electrons. The number of hydrogen-bond acceptors (Lipinski definition) is 5. The number of non-ortho nitro benzene ring substituents is 1. The van der Waals surface area contributed by atoms with Gasteiger partial charge in [0.1, 0.15) is 5.75 Å². The SMILES string of the molecule is COc1cccc(-c2cc(C(=O)N3CCN(C(=O)c4cccc([N+](=O)[O-])c4)CC3)c(C)n2-c2ccccc2)c1. The summed E-state index contributed by atoms with van der Waals surface area (Å²) in [4.78, 5) is 40.7. The Morgan fingerprint density at radius 3 is 2.15 bits per heavy atom. The fraction of sp³-hybridized carbons (Fsp3) is 0.200. The number of rotatable bonds is 6. The Morgan fingerprint density at radius 1 is 0.821 bits per heavy atom. The molecule has 1 aliphatic heterocycles. The molecule has 0 aliphatic carbocycles. The number of carbonyl (C=O) groups is 2. The molecule has 0 radical (unpaired) electrons. The van der Waals surface area contributed by atoms with Crippen LogP contribution in [0.5, 0.6) is 5.75 Å². The Bertz CT molecular complexity index is 1540. The van der Waals surface area contributed by atoms with E-state index in [4.69, 9.17) is 4.74 Å². The first-order valence-corrected chi connectivity index (χ1v) is 12.6. The van der Waals surface area contributed by atoms with Crippen LogP contribution in [-0.2, 0) is 0 Å². The van der Waals surface area contributed by atoms with E-state index in [-0.39, 0.29) is 23.1 Å². The number of benzene rings is 3. The standard InChI is InChI=1S/C30H28N4O5/c1-21-27(20-28(22-8-7-13-26(19-22)39-2)33(21)24-10-4-3-5-11-24)30(36)32-16-14-31(15-17-32)29(35)23-9-6-12-25(18-23)34(37)38/h3-13,18-20H,14-17H2,1-2H3. The van der Waals surface area contributed by atoms with Gasteiger partial charge in [0.15, 0.2) is 0 Å². The minimum atomic E-state index is -0.517. The molecule has 3 aromatic carbocycles.